The number of likely N-dealkylation sites (N-methyl/N-ethyl adjacent to an activating group) is 1. The van der Waals surface area contributed by atoms with Crippen molar-refractivity contribution in [2.45, 2.75) is 26.4 Å². The molecule has 0 aliphatic rings. The van der Waals surface area contributed by atoms with Crippen molar-refractivity contribution < 1.29 is 0 Å². The van der Waals surface area contributed by atoms with Gasteiger partial charge in [0.15, 0.2) is 0 Å². The molecule has 13 heavy (non-hydrogen) atoms. The maximum absolute atomic E-state index is 4.18. The third-order valence-electron chi connectivity index (χ3n) is 2.01. The zero-order valence-electron chi connectivity index (χ0n) is 8.49. The second-order valence-corrected chi connectivity index (χ2v) is 3.07. The molecule has 3 heteroatoms. The molecule has 1 unspecified atom stereocenters. The number of aryl methyl sites for hydroxylation is 1. The molecule has 1 N–H and O–H groups in total. The van der Waals surface area contributed by atoms with Gasteiger partial charge in [-0.2, -0.15) is 5.10 Å². The quantitative estimate of drug-likeness (QED) is 0.759. The van der Waals surface area contributed by atoms with E-state index in [0.29, 0.717) is 6.04 Å². The van der Waals surface area contributed by atoms with Crippen molar-refractivity contribution in [1.82, 2.24) is 15.1 Å². The van der Waals surface area contributed by atoms with E-state index in [1.165, 1.54) is 0 Å². The lowest BCUT2D eigenvalue weighted by atomic mass is 10.2. The molecule has 0 saturated carbocycles. The molecule has 3 nitrogen and oxygen atoms in total. The van der Waals surface area contributed by atoms with Crippen molar-refractivity contribution in [3.63, 3.8) is 0 Å². The van der Waals surface area contributed by atoms with Crippen LogP contribution >= 0.6 is 0 Å². The molecule has 0 aliphatic heterocycles. The van der Waals surface area contributed by atoms with Crippen molar-refractivity contribution in [2.24, 2.45) is 0 Å². The summed E-state index contributed by atoms with van der Waals surface area (Å²) in [6, 6.07) is 0.407. The lowest BCUT2D eigenvalue weighted by molar-refractivity contribution is 0.660. The summed E-state index contributed by atoms with van der Waals surface area (Å²) in [5, 5.41) is 7.33. The summed E-state index contributed by atoms with van der Waals surface area (Å²) >= 11 is 0. The zero-order chi connectivity index (χ0) is 9.68. The Hall–Kier alpha value is -1.09. The number of rotatable bonds is 4. The molecule has 0 aromatic carbocycles. The van der Waals surface area contributed by atoms with E-state index in [4.69, 9.17) is 0 Å². The molecule has 0 radical (unpaired) electrons. The topological polar surface area (TPSA) is 29.9 Å². The van der Waals surface area contributed by atoms with Crippen LogP contribution in [0.25, 0.3) is 6.08 Å². The molecule has 1 heterocycles. The van der Waals surface area contributed by atoms with E-state index in [2.05, 4.69) is 36.4 Å². The fraction of sp³-hybridized carbons (Fsp3) is 0.500. The highest BCUT2D eigenvalue weighted by Crippen LogP contribution is 2.01. The number of nitrogens with zero attached hydrogens (tertiary/aromatic N) is 2. The average molecular weight is 179 g/mol. The van der Waals surface area contributed by atoms with E-state index >= 15 is 0 Å². The van der Waals surface area contributed by atoms with Gasteiger partial charge in [-0.1, -0.05) is 12.2 Å². The van der Waals surface area contributed by atoms with Gasteiger partial charge in [-0.25, -0.2) is 0 Å². The highest BCUT2D eigenvalue weighted by molar-refractivity contribution is 5.47. The molecule has 0 fully saturated rings. The Kier molecular flexibility index (Phi) is 3.71. The molecule has 0 aliphatic carbocycles. The van der Waals surface area contributed by atoms with Gasteiger partial charge in [0, 0.05) is 24.3 Å². The maximum atomic E-state index is 4.18. The van der Waals surface area contributed by atoms with Crippen LogP contribution in [0.1, 0.15) is 19.4 Å². The second kappa shape index (κ2) is 4.82. The molecular weight excluding hydrogens is 162 g/mol. The first-order valence-electron chi connectivity index (χ1n) is 4.64. The fourth-order valence-electron chi connectivity index (χ4n) is 0.990. The Labute approximate surface area is 79.5 Å². The predicted molar refractivity (Wildman–Crippen MR) is 55.5 cm³/mol. The van der Waals surface area contributed by atoms with Crippen LogP contribution in [0.4, 0.5) is 0 Å². The first-order chi connectivity index (χ1) is 6.26. The molecule has 1 aromatic rings. The van der Waals surface area contributed by atoms with Gasteiger partial charge >= 0.3 is 0 Å². The minimum atomic E-state index is 0.407. The zero-order valence-corrected chi connectivity index (χ0v) is 8.49. The summed E-state index contributed by atoms with van der Waals surface area (Å²) in [4.78, 5) is 0. The van der Waals surface area contributed by atoms with E-state index in [1.807, 2.05) is 24.1 Å². The Bertz CT molecular complexity index is 275. The fourth-order valence-corrected chi connectivity index (χ4v) is 0.990. The van der Waals surface area contributed by atoms with Crippen LogP contribution < -0.4 is 5.32 Å². The van der Waals surface area contributed by atoms with Crippen LogP contribution in [0.5, 0.6) is 0 Å². The molecule has 1 atom stereocenters. The van der Waals surface area contributed by atoms with Gasteiger partial charge in [-0.3, -0.25) is 4.68 Å². The van der Waals surface area contributed by atoms with Crippen molar-refractivity contribution in [3.05, 3.63) is 24.0 Å². The van der Waals surface area contributed by atoms with Crippen LogP contribution in [0.15, 0.2) is 18.5 Å². The summed E-state index contributed by atoms with van der Waals surface area (Å²) in [6.07, 6.45) is 8.12. The van der Waals surface area contributed by atoms with Crippen LogP contribution in [0.2, 0.25) is 0 Å². The molecule has 0 saturated heterocycles. The Balaban J connectivity index is 2.58. The standard InChI is InChI=1S/C10H17N3/c1-4-13-8-10(7-12-13)6-5-9(2)11-3/h5-9,11H,4H2,1-3H3/b6-5+. The molecule has 0 bridgehead atoms. The van der Waals surface area contributed by atoms with Gasteiger partial charge in [0.2, 0.25) is 0 Å². The largest absolute Gasteiger partial charge is 0.314 e. The summed E-state index contributed by atoms with van der Waals surface area (Å²) in [5.74, 6) is 0. The first-order valence-corrected chi connectivity index (χ1v) is 4.64. The molecule has 1 aromatic heterocycles. The Morgan fingerprint density at radius 2 is 2.46 bits per heavy atom. The Morgan fingerprint density at radius 1 is 1.69 bits per heavy atom. The number of nitrogens with one attached hydrogen (secondary N) is 1. The molecule has 0 spiro atoms. The minimum Gasteiger partial charge on any atom is -0.314 e. The maximum Gasteiger partial charge on any atom is 0.0562 e. The molecule has 0 amide bonds. The van der Waals surface area contributed by atoms with E-state index < -0.39 is 0 Å². The minimum absolute atomic E-state index is 0.407. The normalized spacial score (nSPS) is 13.8. The van der Waals surface area contributed by atoms with Gasteiger partial charge in [-0.05, 0) is 20.9 Å². The van der Waals surface area contributed by atoms with E-state index in [1.54, 1.807) is 0 Å². The van der Waals surface area contributed by atoms with Gasteiger partial charge in [0.05, 0.1) is 6.20 Å². The van der Waals surface area contributed by atoms with E-state index in [9.17, 15) is 0 Å². The highest BCUT2D eigenvalue weighted by atomic mass is 15.3. The first kappa shape index (κ1) is 9.99. The van der Waals surface area contributed by atoms with Gasteiger partial charge in [-0.15, -0.1) is 0 Å². The van der Waals surface area contributed by atoms with Crippen LogP contribution in [-0.2, 0) is 6.54 Å². The lowest BCUT2D eigenvalue weighted by Crippen LogP contribution is -2.17. The van der Waals surface area contributed by atoms with Crippen LogP contribution in [0.3, 0.4) is 0 Å². The van der Waals surface area contributed by atoms with Crippen LogP contribution in [-0.4, -0.2) is 22.9 Å². The van der Waals surface area contributed by atoms with Crippen molar-refractivity contribution in [2.75, 3.05) is 7.05 Å². The molecular formula is C10H17N3. The van der Waals surface area contributed by atoms with E-state index in [0.717, 1.165) is 12.1 Å². The SMILES string of the molecule is CCn1cc(/C=C/C(C)NC)cn1. The second-order valence-electron chi connectivity index (χ2n) is 3.07. The van der Waals surface area contributed by atoms with Crippen molar-refractivity contribution in [1.29, 1.82) is 0 Å². The molecule has 72 valence electrons. The summed E-state index contributed by atoms with van der Waals surface area (Å²) in [5.41, 5.74) is 1.16. The molecule has 1 rings (SSSR count). The third-order valence-corrected chi connectivity index (χ3v) is 2.01. The number of hydrogen-bond acceptors (Lipinski definition) is 2. The predicted octanol–water partition coefficient (Wildman–Crippen LogP) is 1.52. The monoisotopic (exact) mass is 179 g/mol. The average Bonchev–Trinajstić information content (AvgIpc) is 2.61. The summed E-state index contributed by atoms with van der Waals surface area (Å²) < 4.78 is 1.92. The third kappa shape index (κ3) is 3.03. The van der Waals surface area contributed by atoms with Gasteiger partial charge in [0.1, 0.15) is 0 Å². The Morgan fingerprint density at radius 3 is 3.00 bits per heavy atom. The van der Waals surface area contributed by atoms with Crippen molar-refractivity contribution >= 4 is 6.08 Å². The summed E-state index contributed by atoms with van der Waals surface area (Å²) in [6.45, 7) is 5.12. The number of hydrogen-bond donors (Lipinski definition) is 1. The smallest absolute Gasteiger partial charge is 0.0562 e. The van der Waals surface area contributed by atoms with E-state index in [-0.39, 0.29) is 0 Å². The highest BCUT2D eigenvalue weighted by Gasteiger charge is 1.93. The van der Waals surface area contributed by atoms with Crippen molar-refractivity contribution in [3.8, 4) is 0 Å². The van der Waals surface area contributed by atoms with Crippen LogP contribution in [0, 0.1) is 0 Å². The summed E-state index contributed by atoms with van der Waals surface area (Å²) in [7, 11) is 1.95. The lowest BCUT2D eigenvalue weighted by Gasteiger charge is -2.00. The van der Waals surface area contributed by atoms with Gasteiger partial charge < -0.3 is 5.32 Å². The van der Waals surface area contributed by atoms with Gasteiger partial charge in [0.25, 0.3) is 0 Å². The number of aromatic nitrogens is 2.